The fourth-order valence-corrected chi connectivity index (χ4v) is 4.87. The van der Waals surface area contributed by atoms with Crippen LogP contribution in [0.1, 0.15) is 22.5 Å². The first-order valence-electron chi connectivity index (χ1n) is 9.43. The van der Waals surface area contributed by atoms with Crippen molar-refractivity contribution in [3.8, 4) is 5.75 Å². The van der Waals surface area contributed by atoms with Gasteiger partial charge in [-0.15, -0.1) is 0 Å². The molecule has 0 spiro atoms. The van der Waals surface area contributed by atoms with Gasteiger partial charge in [0.1, 0.15) is 18.2 Å². The van der Waals surface area contributed by atoms with Crippen molar-refractivity contribution in [2.45, 2.75) is 20.5 Å². The molecule has 0 radical (unpaired) electrons. The van der Waals surface area contributed by atoms with Crippen molar-refractivity contribution in [2.75, 3.05) is 5.01 Å². The van der Waals surface area contributed by atoms with Gasteiger partial charge in [0.25, 0.3) is 5.91 Å². The van der Waals surface area contributed by atoms with Gasteiger partial charge in [0.15, 0.2) is 4.32 Å². The Bertz CT molecular complexity index is 1190. The average Bonchev–Trinajstić information content (AvgIpc) is 3.20. The van der Waals surface area contributed by atoms with Crippen molar-refractivity contribution in [1.82, 2.24) is 4.68 Å². The minimum Gasteiger partial charge on any atom is -0.488 e. The van der Waals surface area contributed by atoms with Crippen LogP contribution in [0.3, 0.4) is 0 Å². The van der Waals surface area contributed by atoms with E-state index in [9.17, 15) is 9.18 Å². The first-order chi connectivity index (χ1) is 14.8. The molecule has 4 nitrogen and oxygen atoms in total. The van der Waals surface area contributed by atoms with Gasteiger partial charge < -0.3 is 4.74 Å². The fraction of sp³-hybridized carbons (Fsp3) is 0.130. The van der Waals surface area contributed by atoms with Gasteiger partial charge in [-0.1, -0.05) is 39.8 Å². The number of carbonyl (C=O) groups is 1. The molecule has 4 rings (SSSR count). The Labute approximate surface area is 197 Å². The van der Waals surface area contributed by atoms with E-state index in [2.05, 4.69) is 15.9 Å². The second-order valence-electron chi connectivity index (χ2n) is 7.02. The SMILES string of the molecule is Cc1ccc(C)n1N1C(=O)/C(=C/c2cc(Br)ccc2OCc2ccc(F)cc2)SC1=S. The van der Waals surface area contributed by atoms with Gasteiger partial charge in [0.05, 0.1) is 4.91 Å². The first kappa shape index (κ1) is 21.8. The number of ether oxygens (including phenoxy) is 1. The molecular formula is C23H18BrFN2O2S2. The third kappa shape index (κ3) is 4.61. The number of aryl methyl sites for hydroxylation is 2. The number of hydrogen-bond acceptors (Lipinski definition) is 4. The maximum Gasteiger partial charge on any atom is 0.285 e. The minimum atomic E-state index is -0.289. The van der Waals surface area contributed by atoms with Crippen LogP contribution < -0.4 is 9.75 Å². The normalized spacial score (nSPS) is 15.2. The second kappa shape index (κ2) is 8.98. The van der Waals surface area contributed by atoms with Crippen LogP contribution in [0.25, 0.3) is 6.08 Å². The number of benzene rings is 2. The van der Waals surface area contributed by atoms with E-state index in [4.69, 9.17) is 17.0 Å². The van der Waals surface area contributed by atoms with E-state index in [0.29, 0.717) is 15.0 Å². The van der Waals surface area contributed by atoms with E-state index >= 15 is 0 Å². The molecule has 0 saturated carbocycles. The van der Waals surface area contributed by atoms with Crippen LogP contribution in [-0.2, 0) is 11.4 Å². The molecular weight excluding hydrogens is 499 g/mol. The van der Waals surface area contributed by atoms with E-state index in [1.54, 1.807) is 18.2 Å². The highest BCUT2D eigenvalue weighted by atomic mass is 79.9. The van der Waals surface area contributed by atoms with Crippen molar-refractivity contribution in [3.05, 3.63) is 92.3 Å². The van der Waals surface area contributed by atoms with E-state index in [1.807, 2.05) is 48.9 Å². The van der Waals surface area contributed by atoms with Crippen molar-refractivity contribution in [1.29, 1.82) is 0 Å². The van der Waals surface area contributed by atoms with Crippen LogP contribution in [0.15, 0.2) is 64.0 Å². The van der Waals surface area contributed by atoms with E-state index < -0.39 is 0 Å². The summed E-state index contributed by atoms with van der Waals surface area (Å²) in [6.45, 7) is 4.15. The molecule has 1 saturated heterocycles. The summed E-state index contributed by atoms with van der Waals surface area (Å²) >= 11 is 10.2. The molecule has 0 aliphatic carbocycles. The van der Waals surface area contributed by atoms with Crippen LogP contribution in [0, 0.1) is 19.7 Å². The molecule has 0 bridgehead atoms. The predicted octanol–water partition coefficient (Wildman–Crippen LogP) is 6.12. The Morgan fingerprint density at radius 3 is 2.45 bits per heavy atom. The van der Waals surface area contributed by atoms with Crippen LogP contribution >= 0.6 is 39.9 Å². The van der Waals surface area contributed by atoms with Gasteiger partial charge in [0, 0.05) is 21.4 Å². The number of thiocarbonyl (C=S) groups is 1. The number of rotatable bonds is 5. The molecule has 2 heterocycles. The second-order valence-corrected chi connectivity index (χ2v) is 9.61. The summed E-state index contributed by atoms with van der Waals surface area (Å²) in [4.78, 5) is 13.7. The quantitative estimate of drug-likeness (QED) is 0.302. The lowest BCUT2D eigenvalue weighted by Gasteiger charge is -2.20. The third-order valence-electron chi connectivity index (χ3n) is 4.77. The molecule has 158 valence electrons. The van der Waals surface area contributed by atoms with E-state index in [0.717, 1.165) is 27.0 Å². The molecule has 0 N–H and O–H groups in total. The number of amides is 1. The van der Waals surface area contributed by atoms with Gasteiger partial charge in [-0.05, 0) is 80.2 Å². The summed E-state index contributed by atoms with van der Waals surface area (Å²) in [6, 6.07) is 15.7. The summed E-state index contributed by atoms with van der Waals surface area (Å²) in [5.41, 5.74) is 3.46. The molecule has 0 unspecified atom stereocenters. The van der Waals surface area contributed by atoms with Crippen LogP contribution in [0.5, 0.6) is 5.75 Å². The predicted molar refractivity (Wildman–Crippen MR) is 130 cm³/mol. The highest BCUT2D eigenvalue weighted by Gasteiger charge is 2.35. The lowest BCUT2D eigenvalue weighted by Crippen LogP contribution is -2.39. The van der Waals surface area contributed by atoms with Crippen LogP contribution in [-0.4, -0.2) is 14.9 Å². The van der Waals surface area contributed by atoms with Crippen molar-refractivity contribution < 1.29 is 13.9 Å². The average molecular weight is 517 g/mol. The summed E-state index contributed by atoms with van der Waals surface area (Å²) < 4.78 is 22.3. The van der Waals surface area contributed by atoms with Gasteiger partial charge in [-0.25, -0.2) is 4.39 Å². The molecule has 1 aliphatic rings. The van der Waals surface area contributed by atoms with E-state index in [-0.39, 0.29) is 18.3 Å². The number of carbonyl (C=O) groups excluding carboxylic acids is 1. The molecule has 2 aromatic carbocycles. The monoisotopic (exact) mass is 516 g/mol. The Morgan fingerprint density at radius 2 is 1.77 bits per heavy atom. The Kier molecular flexibility index (Phi) is 6.31. The van der Waals surface area contributed by atoms with Gasteiger partial charge in [-0.3, -0.25) is 9.47 Å². The summed E-state index contributed by atoms with van der Waals surface area (Å²) in [5, 5.41) is 1.52. The molecule has 1 amide bonds. The summed E-state index contributed by atoms with van der Waals surface area (Å²) in [5.74, 6) is 0.149. The van der Waals surface area contributed by atoms with Crippen LogP contribution in [0.4, 0.5) is 4.39 Å². The highest BCUT2D eigenvalue weighted by molar-refractivity contribution is 9.10. The summed E-state index contributed by atoms with van der Waals surface area (Å²) in [6.07, 6.45) is 1.79. The number of hydrogen-bond donors (Lipinski definition) is 0. The molecule has 1 aliphatic heterocycles. The topological polar surface area (TPSA) is 34.5 Å². The maximum atomic E-state index is 13.2. The standard InChI is InChI=1S/C23H18BrFN2O2S2/c1-14-3-4-15(2)26(14)27-22(28)21(31-23(27)30)12-17-11-18(24)7-10-20(17)29-13-16-5-8-19(25)9-6-16/h3-12H,13H2,1-2H3/b21-12-. The molecule has 31 heavy (non-hydrogen) atoms. The van der Waals surface area contributed by atoms with Crippen molar-refractivity contribution in [3.63, 3.8) is 0 Å². The number of aromatic nitrogens is 1. The third-order valence-corrected chi connectivity index (χ3v) is 6.55. The zero-order valence-electron chi connectivity index (χ0n) is 16.8. The lowest BCUT2D eigenvalue weighted by molar-refractivity contribution is -0.114. The fourth-order valence-electron chi connectivity index (χ4n) is 3.25. The highest BCUT2D eigenvalue weighted by Crippen LogP contribution is 2.35. The minimum absolute atomic E-state index is 0.179. The molecule has 0 atom stereocenters. The van der Waals surface area contributed by atoms with Crippen LogP contribution in [0.2, 0.25) is 0 Å². The Balaban J connectivity index is 1.62. The smallest absolute Gasteiger partial charge is 0.285 e. The Morgan fingerprint density at radius 1 is 1.10 bits per heavy atom. The molecule has 1 fully saturated rings. The number of halogens is 2. The first-order valence-corrected chi connectivity index (χ1v) is 11.5. The van der Waals surface area contributed by atoms with E-state index in [1.165, 1.54) is 28.9 Å². The molecule has 8 heteroatoms. The van der Waals surface area contributed by atoms with Gasteiger partial charge in [0.2, 0.25) is 0 Å². The lowest BCUT2D eigenvalue weighted by atomic mass is 10.1. The molecule has 3 aromatic rings. The Hall–Kier alpha value is -2.42. The number of thioether (sulfide) groups is 1. The van der Waals surface area contributed by atoms with Gasteiger partial charge in [-0.2, -0.15) is 5.01 Å². The molecule has 1 aromatic heterocycles. The van der Waals surface area contributed by atoms with Crippen molar-refractivity contribution >= 4 is 56.2 Å². The zero-order valence-corrected chi connectivity index (χ0v) is 20.0. The van der Waals surface area contributed by atoms with Gasteiger partial charge >= 0.3 is 0 Å². The largest absolute Gasteiger partial charge is 0.488 e. The summed E-state index contributed by atoms with van der Waals surface area (Å²) in [7, 11) is 0. The zero-order chi connectivity index (χ0) is 22.1. The number of nitrogens with zero attached hydrogens (tertiary/aromatic N) is 2. The van der Waals surface area contributed by atoms with Crippen molar-refractivity contribution in [2.24, 2.45) is 0 Å². The maximum absolute atomic E-state index is 13.2.